The SMILES string of the molecule is COc1nc(NCC(C)(O)CSC)nc(OC)n1. The average Bonchev–Trinajstić information content (AvgIpc) is 2.36. The first-order valence-electron chi connectivity index (χ1n) is 5.30. The molecule has 1 aromatic heterocycles. The summed E-state index contributed by atoms with van der Waals surface area (Å²) in [5.41, 5.74) is -0.841. The highest BCUT2D eigenvalue weighted by atomic mass is 32.2. The summed E-state index contributed by atoms with van der Waals surface area (Å²) in [6.07, 6.45) is 1.93. The van der Waals surface area contributed by atoms with Crippen LogP contribution in [0.5, 0.6) is 12.0 Å². The third-order valence-electron chi connectivity index (χ3n) is 2.04. The fourth-order valence-electron chi connectivity index (χ4n) is 1.23. The van der Waals surface area contributed by atoms with Crippen LogP contribution in [0.15, 0.2) is 0 Å². The van der Waals surface area contributed by atoms with E-state index in [2.05, 4.69) is 20.3 Å². The molecule has 102 valence electrons. The van der Waals surface area contributed by atoms with E-state index in [1.165, 1.54) is 14.2 Å². The lowest BCUT2D eigenvalue weighted by molar-refractivity contribution is 0.0994. The molecule has 2 N–H and O–H groups in total. The van der Waals surface area contributed by atoms with E-state index in [1.807, 2.05) is 6.26 Å². The van der Waals surface area contributed by atoms with E-state index in [1.54, 1.807) is 18.7 Å². The first-order chi connectivity index (χ1) is 8.50. The highest BCUT2D eigenvalue weighted by molar-refractivity contribution is 7.98. The van der Waals surface area contributed by atoms with Crippen molar-refractivity contribution >= 4 is 17.7 Å². The fourth-order valence-corrected chi connectivity index (χ4v) is 1.96. The molecule has 0 aliphatic rings. The van der Waals surface area contributed by atoms with Gasteiger partial charge in [0.15, 0.2) is 0 Å². The smallest absolute Gasteiger partial charge is 0.324 e. The summed E-state index contributed by atoms with van der Waals surface area (Å²) in [6.45, 7) is 2.07. The van der Waals surface area contributed by atoms with Crippen LogP contribution in [-0.4, -0.2) is 58.4 Å². The van der Waals surface area contributed by atoms with Gasteiger partial charge in [0.25, 0.3) is 0 Å². The number of methoxy groups -OCH3 is 2. The summed E-state index contributed by atoms with van der Waals surface area (Å²) in [6, 6.07) is 0.322. The molecule has 0 aliphatic carbocycles. The molecule has 0 bridgehead atoms. The maximum atomic E-state index is 10.0. The monoisotopic (exact) mass is 274 g/mol. The Hall–Kier alpha value is -1.28. The van der Waals surface area contributed by atoms with Crippen molar-refractivity contribution in [3.8, 4) is 12.0 Å². The molecule has 0 fully saturated rings. The minimum atomic E-state index is -0.841. The Kier molecular flexibility index (Phi) is 5.42. The highest BCUT2D eigenvalue weighted by Crippen LogP contribution is 2.14. The van der Waals surface area contributed by atoms with Gasteiger partial charge in [-0.05, 0) is 13.2 Å². The number of nitrogens with one attached hydrogen (secondary N) is 1. The topological polar surface area (TPSA) is 89.4 Å². The highest BCUT2D eigenvalue weighted by Gasteiger charge is 2.20. The number of thioether (sulfide) groups is 1. The summed E-state index contributed by atoms with van der Waals surface area (Å²) in [7, 11) is 2.92. The van der Waals surface area contributed by atoms with Gasteiger partial charge in [-0.2, -0.15) is 21.7 Å². The van der Waals surface area contributed by atoms with Gasteiger partial charge in [-0.3, -0.25) is 0 Å². The summed E-state index contributed by atoms with van der Waals surface area (Å²) >= 11 is 1.57. The van der Waals surface area contributed by atoms with E-state index in [4.69, 9.17) is 9.47 Å². The van der Waals surface area contributed by atoms with Gasteiger partial charge < -0.3 is 19.9 Å². The maximum Gasteiger partial charge on any atom is 0.324 e. The molecule has 0 radical (unpaired) electrons. The lowest BCUT2D eigenvalue weighted by atomic mass is 10.1. The van der Waals surface area contributed by atoms with Crippen LogP contribution in [0, 0.1) is 0 Å². The summed E-state index contributed by atoms with van der Waals surface area (Å²) in [5.74, 6) is 0.916. The Morgan fingerprint density at radius 3 is 2.22 bits per heavy atom. The number of hydrogen-bond donors (Lipinski definition) is 2. The van der Waals surface area contributed by atoms with E-state index >= 15 is 0 Å². The molecule has 7 nitrogen and oxygen atoms in total. The van der Waals surface area contributed by atoms with Crippen LogP contribution in [0.4, 0.5) is 5.95 Å². The van der Waals surface area contributed by atoms with Crippen LogP contribution < -0.4 is 14.8 Å². The summed E-state index contributed by atoms with van der Waals surface area (Å²) in [4.78, 5) is 11.9. The van der Waals surface area contributed by atoms with Crippen LogP contribution in [0.3, 0.4) is 0 Å². The van der Waals surface area contributed by atoms with Gasteiger partial charge in [0.1, 0.15) is 0 Å². The van der Waals surface area contributed by atoms with Crippen LogP contribution >= 0.6 is 11.8 Å². The van der Waals surface area contributed by atoms with E-state index in [-0.39, 0.29) is 12.0 Å². The number of rotatable bonds is 7. The van der Waals surface area contributed by atoms with Crippen LogP contribution in [-0.2, 0) is 0 Å². The second kappa shape index (κ2) is 6.60. The zero-order valence-electron chi connectivity index (χ0n) is 10.9. The third kappa shape index (κ3) is 4.53. The van der Waals surface area contributed by atoms with Gasteiger partial charge in [-0.15, -0.1) is 4.98 Å². The first kappa shape index (κ1) is 14.8. The van der Waals surface area contributed by atoms with E-state index in [9.17, 15) is 5.11 Å². The Bertz CT molecular complexity index is 367. The van der Waals surface area contributed by atoms with Crippen molar-refractivity contribution in [3.05, 3.63) is 0 Å². The van der Waals surface area contributed by atoms with Crippen molar-refractivity contribution in [2.75, 3.05) is 38.1 Å². The minimum absolute atomic E-state index is 0.161. The molecule has 0 amide bonds. The molecule has 0 saturated carbocycles. The van der Waals surface area contributed by atoms with Crippen molar-refractivity contribution < 1.29 is 14.6 Å². The van der Waals surface area contributed by atoms with Crippen molar-refractivity contribution in [1.82, 2.24) is 15.0 Å². The summed E-state index contributed by atoms with van der Waals surface area (Å²) in [5, 5.41) is 12.9. The molecule has 1 atom stereocenters. The second-order valence-corrected chi connectivity index (χ2v) is 4.78. The zero-order chi connectivity index (χ0) is 13.6. The predicted molar refractivity (Wildman–Crippen MR) is 70.4 cm³/mol. The molecule has 0 aliphatic heterocycles. The van der Waals surface area contributed by atoms with E-state index in [0.29, 0.717) is 18.2 Å². The molecular weight excluding hydrogens is 256 g/mol. The van der Waals surface area contributed by atoms with Crippen molar-refractivity contribution in [3.63, 3.8) is 0 Å². The molecular formula is C10H18N4O3S. The lowest BCUT2D eigenvalue weighted by Gasteiger charge is -2.22. The Morgan fingerprint density at radius 1 is 1.22 bits per heavy atom. The second-order valence-electron chi connectivity index (χ2n) is 3.92. The average molecular weight is 274 g/mol. The molecule has 1 heterocycles. The van der Waals surface area contributed by atoms with Crippen LogP contribution in [0.25, 0.3) is 0 Å². The largest absolute Gasteiger partial charge is 0.467 e. The van der Waals surface area contributed by atoms with Crippen LogP contribution in [0.1, 0.15) is 6.92 Å². The van der Waals surface area contributed by atoms with Crippen molar-refractivity contribution in [1.29, 1.82) is 0 Å². The van der Waals surface area contributed by atoms with Crippen molar-refractivity contribution in [2.24, 2.45) is 0 Å². The molecule has 1 aromatic rings. The number of aromatic nitrogens is 3. The number of nitrogens with zero attached hydrogens (tertiary/aromatic N) is 3. The van der Waals surface area contributed by atoms with Crippen LogP contribution in [0.2, 0.25) is 0 Å². The standard InChI is InChI=1S/C10H18N4O3S/c1-10(15,6-18-4)5-11-7-12-8(16-2)14-9(13-7)17-3/h15H,5-6H2,1-4H3,(H,11,12,13,14). The molecule has 1 unspecified atom stereocenters. The number of anilines is 1. The Balaban J connectivity index is 2.72. The number of aliphatic hydroxyl groups is 1. The van der Waals surface area contributed by atoms with Crippen molar-refractivity contribution in [2.45, 2.75) is 12.5 Å². The molecule has 1 rings (SSSR count). The van der Waals surface area contributed by atoms with Gasteiger partial charge in [0.05, 0.1) is 19.8 Å². The van der Waals surface area contributed by atoms with E-state index in [0.717, 1.165) is 0 Å². The molecule has 0 spiro atoms. The van der Waals surface area contributed by atoms with Gasteiger partial charge in [0.2, 0.25) is 5.95 Å². The van der Waals surface area contributed by atoms with Gasteiger partial charge in [-0.1, -0.05) is 0 Å². The lowest BCUT2D eigenvalue weighted by Crippen LogP contribution is -2.36. The van der Waals surface area contributed by atoms with Gasteiger partial charge in [-0.25, -0.2) is 0 Å². The predicted octanol–water partition coefficient (Wildman–Crippen LogP) is 0.415. The maximum absolute atomic E-state index is 10.0. The number of hydrogen-bond acceptors (Lipinski definition) is 8. The molecule has 8 heteroatoms. The quantitative estimate of drug-likeness (QED) is 0.739. The minimum Gasteiger partial charge on any atom is -0.467 e. The summed E-state index contributed by atoms with van der Waals surface area (Å²) < 4.78 is 9.86. The van der Waals surface area contributed by atoms with E-state index < -0.39 is 5.60 Å². The molecule has 18 heavy (non-hydrogen) atoms. The van der Waals surface area contributed by atoms with Gasteiger partial charge in [0, 0.05) is 12.3 Å². The fraction of sp³-hybridized carbons (Fsp3) is 0.700. The zero-order valence-corrected chi connectivity index (χ0v) is 11.7. The third-order valence-corrected chi connectivity index (χ3v) is 2.95. The van der Waals surface area contributed by atoms with Gasteiger partial charge >= 0.3 is 12.0 Å². The molecule has 0 aromatic carbocycles. The molecule has 0 saturated heterocycles. The Morgan fingerprint density at radius 2 is 1.78 bits per heavy atom. The first-order valence-corrected chi connectivity index (χ1v) is 6.69. The Labute approximate surface area is 110 Å². The number of ether oxygens (including phenoxy) is 2. The normalized spacial score (nSPS) is 13.8.